The Morgan fingerprint density at radius 3 is 2.60 bits per heavy atom. The van der Waals surface area contributed by atoms with Crippen LogP contribution < -0.4 is 4.74 Å². The smallest absolute Gasteiger partial charge is 0.354 e. The normalized spacial score (nSPS) is 10.2. The molecule has 0 radical (unpaired) electrons. The summed E-state index contributed by atoms with van der Waals surface area (Å²) in [5, 5.41) is 8.87. The van der Waals surface area contributed by atoms with Gasteiger partial charge in [-0.2, -0.15) is 0 Å². The van der Waals surface area contributed by atoms with Crippen molar-refractivity contribution in [2.24, 2.45) is 0 Å². The van der Waals surface area contributed by atoms with Crippen LogP contribution in [-0.2, 0) is 13.0 Å². The molecule has 1 N–H and O–H groups in total. The van der Waals surface area contributed by atoms with Gasteiger partial charge < -0.3 is 9.84 Å². The highest BCUT2D eigenvalue weighted by atomic mass is 16.5. The summed E-state index contributed by atoms with van der Waals surface area (Å²) in [5.74, 6) is -0.255. The summed E-state index contributed by atoms with van der Waals surface area (Å²) in [4.78, 5) is 14.6. The zero-order valence-corrected chi connectivity index (χ0v) is 11.4. The van der Waals surface area contributed by atoms with Crippen molar-refractivity contribution in [3.8, 4) is 5.75 Å². The Kier molecular flexibility index (Phi) is 4.71. The lowest BCUT2D eigenvalue weighted by Gasteiger charge is -2.07. The second kappa shape index (κ2) is 6.70. The Bertz CT molecular complexity index is 579. The van der Waals surface area contributed by atoms with Crippen LogP contribution in [0.3, 0.4) is 0 Å². The largest absolute Gasteiger partial charge is 0.489 e. The van der Waals surface area contributed by atoms with Crippen LogP contribution in [0.4, 0.5) is 0 Å². The predicted molar refractivity (Wildman–Crippen MR) is 76.0 cm³/mol. The number of carboxylic acid groups (broad SMARTS) is 1. The first-order chi connectivity index (χ1) is 9.69. The molecule has 0 aliphatic carbocycles. The third-order valence-corrected chi connectivity index (χ3v) is 2.91. The van der Waals surface area contributed by atoms with E-state index in [9.17, 15) is 4.79 Å². The van der Waals surface area contributed by atoms with Crippen molar-refractivity contribution < 1.29 is 14.6 Å². The average molecular weight is 271 g/mol. The van der Waals surface area contributed by atoms with Gasteiger partial charge in [-0.25, -0.2) is 9.78 Å². The summed E-state index contributed by atoms with van der Waals surface area (Å²) < 4.78 is 5.64. The molecule has 0 fully saturated rings. The van der Waals surface area contributed by atoms with E-state index in [2.05, 4.69) is 11.9 Å². The van der Waals surface area contributed by atoms with Crippen LogP contribution in [0.25, 0.3) is 0 Å². The number of ether oxygens (including phenoxy) is 1. The number of hydrogen-bond donors (Lipinski definition) is 1. The lowest BCUT2D eigenvalue weighted by molar-refractivity contribution is 0.0690. The maximum atomic E-state index is 10.8. The molecule has 0 atom stereocenters. The Morgan fingerprint density at radius 1 is 1.20 bits per heavy atom. The fourth-order valence-corrected chi connectivity index (χ4v) is 1.89. The second-order valence-corrected chi connectivity index (χ2v) is 4.54. The Labute approximate surface area is 118 Å². The lowest BCUT2D eigenvalue weighted by Crippen LogP contribution is -2.02. The molecule has 2 aromatic rings. The fourth-order valence-electron chi connectivity index (χ4n) is 1.89. The molecule has 104 valence electrons. The van der Waals surface area contributed by atoms with Crippen LogP contribution >= 0.6 is 0 Å². The molecule has 1 aromatic heterocycles. The van der Waals surface area contributed by atoms with Gasteiger partial charge >= 0.3 is 5.97 Å². The van der Waals surface area contributed by atoms with E-state index < -0.39 is 5.97 Å². The number of aromatic nitrogens is 1. The molecule has 0 saturated carbocycles. The quantitative estimate of drug-likeness (QED) is 0.875. The maximum absolute atomic E-state index is 10.8. The first-order valence-electron chi connectivity index (χ1n) is 6.59. The summed E-state index contributed by atoms with van der Waals surface area (Å²) >= 11 is 0. The summed E-state index contributed by atoms with van der Waals surface area (Å²) in [7, 11) is 0. The number of aryl methyl sites for hydroxylation is 1. The van der Waals surface area contributed by atoms with E-state index in [-0.39, 0.29) is 5.69 Å². The molecule has 0 unspecified atom stereocenters. The van der Waals surface area contributed by atoms with Crippen LogP contribution in [0.15, 0.2) is 42.6 Å². The number of pyridine rings is 1. The summed E-state index contributed by atoms with van der Waals surface area (Å²) in [6.45, 7) is 2.48. The number of carboxylic acids is 1. The third kappa shape index (κ3) is 3.82. The molecule has 4 nitrogen and oxygen atoms in total. The molecule has 0 aliphatic rings. The monoisotopic (exact) mass is 271 g/mol. The van der Waals surface area contributed by atoms with Crippen molar-refractivity contribution in [3.63, 3.8) is 0 Å². The van der Waals surface area contributed by atoms with Gasteiger partial charge in [-0.3, -0.25) is 0 Å². The topological polar surface area (TPSA) is 59.4 Å². The molecule has 0 aliphatic heterocycles. The molecule has 0 spiro atoms. The van der Waals surface area contributed by atoms with Gasteiger partial charge in [0.05, 0.1) is 0 Å². The highest BCUT2D eigenvalue weighted by Crippen LogP contribution is 2.15. The lowest BCUT2D eigenvalue weighted by atomic mass is 10.1. The van der Waals surface area contributed by atoms with Crippen molar-refractivity contribution >= 4 is 5.97 Å². The summed E-state index contributed by atoms with van der Waals surface area (Å²) in [6.07, 6.45) is 3.66. The molecule has 0 bridgehead atoms. The zero-order valence-electron chi connectivity index (χ0n) is 11.4. The van der Waals surface area contributed by atoms with Crippen LogP contribution in [0.5, 0.6) is 5.75 Å². The molecule has 4 heteroatoms. The van der Waals surface area contributed by atoms with Gasteiger partial charge in [0.25, 0.3) is 0 Å². The van der Waals surface area contributed by atoms with Gasteiger partial charge in [-0.1, -0.05) is 25.5 Å². The maximum Gasteiger partial charge on any atom is 0.354 e. The number of nitrogens with zero attached hydrogens (tertiary/aromatic N) is 1. The molecule has 1 aromatic carbocycles. The number of aromatic carboxylic acids is 1. The van der Waals surface area contributed by atoms with Crippen LogP contribution in [0, 0.1) is 0 Å². The first-order valence-corrected chi connectivity index (χ1v) is 6.59. The van der Waals surface area contributed by atoms with Crippen molar-refractivity contribution in [2.75, 3.05) is 0 Å². The Balaban J connectivity index is 1.97. The van der Waals surface area contributed by atoms with Crippen molar-refractivity contribution in [2.45, 2.75) is 26.4 Å². The minimum atomic E-state index is -1.03. The Hall–Kier alpha value is -2.36. The van der Waals surface area contributed by atoms with Gasteiger partial charge in [0.15, 0.2) is 0 Å². The number of hydrogen-bond acceptors (Lipinski definition) is 3. The number of carbonyl (C=O) groups is 1. The van der Waals surface area contributed by atoms with E-state index in [1.807, 2.05) is 24.3 Å². The van der Waals surface area contributed by atoms with Crippen molar-refractivity contribution in [1.82, 2.24) is 4.98 Å². The zero-order chi connectivity index (χ0) is 14.4. The standard InChI is InChI=1S/C16H17NO3/c1-2-3-12-4-6-14(7-5-12)20-11-13-8-9-17-15(10-13)16(18)19/h4-10H,2-3,11H2,1H3,(H,18,19). The minimum absolute atomic E-state index is 0.0318. The van der Waals surface area contributed by atoms with Crippen LogP contribution in [-0.4, -0.2) is 16.1 Å². The van der Waals surface area contributed by atoms with E-state index in [4.69, 9.17) is 9.84 Å². The van der Waals surface area contributed by atoms with E-state index in [0.29, 0.717) is 6.61 Å². The van der Waals surface area contributed by atoms with Crippen LogP contribution in [0.1, 0.15) is 35.0 Å². The number of rotatable bonds is 6. The van der Waals surface area contributed by atoms with Gasteiger partial charge in [0.2, 0.25) is 0 Å². The van der Waals surface area contributed by atoms with E-state index in [1.165, 1.54) is 17.8 Å². The van der Waals surface area contributed by atoms with Gasteiger partial charge in [-0.15, -0.1) is 0 Å². The molecular formula is C16H17NO3. The number of benzene rings is 1. The highest BCUT2D eigenvalue weighted by Gasteiger charge is 2.05. The first kappa shape index (κ1) is 14.1. The molecule has 1 heterocycles. The third-order valence-electron chi connectivity index (χ3n) is 2.91. The van der Waals surface area contributed by atoms with E-state index in [1.54, 1.807) is 6.07 Å². The molecule has 0 amide bonds. The molecule has 20 heavy (non-hydrogen) atoms. The average Bonchev–Trinajstić information content (AvgIpc) is 2.47. The second-order valence-electron chi connectivity index (χ2n) is 4.54. The van der Waals surface area contributed by atoms with Gasteiger partial charge in [0, 0.05) is 6.20 Å². The highest BCUT2D eigenvalue weighted by molar-refractivity contribution is 5.85. The SMILES string of the molecule is CCCc1ccc(OCc2ccnc(C(=O)O)c2)cc1. The molecule has 2 rings (SSSR count). The van der Waals surface area contributed by atoms with E-state index in [0.717, 1.165) is 24.2 Å². The molecular weight excluding hydrogens is 254 g/mol. The fraction of sp³-hybridized carbons (Fsp3) is 0.250. The van der Waals surface area contributed by atoms with Crippen molar-refractivity contribution in [3.05, 3.63) is 59.4 Å². The van der Waals surface area contributed by atoms with Crippen LogP contribution in [0.2, 0.25) is 0 Å². The Morgan fingerprint density at radius 2 is 1.95 bits per heavy atom. The van der Waals surface area contributed by atoms with Crippen molar-refractivity contribution in [1.29, 1.82) is 0 Å². The molecule has 0 saturated heterocycles. The van der Waals surface area contributed by atoms with E-state index >= 15 is 0 Å². The summed E-state index contributed by atoms with van der Waals surface area (Å²) in [6, 6.07) is 11.2. The van der Waals surface area contributed by atoms with Gasteiger partial charge in [-0.05, 0) is 41.8 Å². The summed E-state index contributed by atoms with van der Waals surface area (Å²) in [5.41, 5.74) is 2.11. The van der Waals surface area contributed by atoms with Gasteiger partial charge in [0.1, 0.15) is 18.1 Å². The minimum Gasteiger partial charge on any atom is -0.489 e. The predicted octanol–water partition coefficient (Wildman–Crippen LogP) is 3.31.